The van der Waals surface area contributed by atoms with Crippen LogP contribution in [0.5, 0.6) is 0 Å². The van der Waals surface area contributed by atoms with E-state index in [0.717, 1.165) is 5.76 Å². The van der Waals surface area contributed by atoms with Gasteiger partial charge in [-0.05, 0) is 19.1 Å². The number of furan rings is 1. The summed E-state index contributed by atoms with van der Waals surface area (Å²) >= 11 is 0. The number of H-pyrrole nitrogens is 1. The van der Waals surface area contributed by atoms with Crippen LogP contribution < -0.4 is 10.7 Å². The average Bonchev–Trinajstić information content (AvgIpc) is 2.73. The van der Waals surface area contributed by atoms with Crippen LogP contribution in [0.2, 0.25) is 0 Å². The van der Waals surface area contributed by atoms with E-state index in [1.165, 1.54) is 18.5 Å². The molecule has 88 valence electrons. The predicted octanol–water partition coefficient (Wildman–Crippen LogP) is 1.21. The van der Waals surface area contributed by atoms with Gasteiger partial charge in [-0.3, -0.25) is 9.59 Å². The third-order valence-corrected chi connectivity index (χ3v) is 2.29. The molecule has 0 unspecified atom stereocenters. The third-order valence-electron chi connectivity index (χ3n) is 2.29. The van der Waals surface area contributed by atoms with Crippen molar-refractivity contribution in [2.45, 2.75) is 13.5 Å². The van der Waals surface area contributed by atoms with Gasteiger partial charge in [0.2, 0.25) is 0 Å². The molecule has 0 radical (unpaired) electrons. The zero-order valence-electron chi connectivity index (χ0n) is 9.32. The molecule has 5 nitrogen and oxygen atoms in total. The predicted molar refractivity (Wildman–Crippen MR) is 61.7 cm³/mol. The average molecular weight is 232 g/mol. The highest BCUT2D eigenvalue weighted by atomic mass is 16.3. The number of hydrogen-bond acceptors (Lipinski definition) is 3. The Hall–Kier alpha value is -2.30. The van der Waals surface area contributed by atoms with Crippen LogP contribution in [0.4, 0.5) is 0 Å². The number of aromatic amines is 1. The Morgan fingerprint density at radius 2 is 2.24 bits per heavy atom. The lowest BCUT2D eigenvalue weighted by Gasteiger charge is -2.02. The number of pyridine rings is 1. The van der Waals surface area contributed by atoms with E-state index in [1.54, 1.807) is 6.07 Å². The Bertz CT molecular complexity index is 583. The fraction of sp³-hybridized carbons (Fsp3) is 0.167. The summed E-state index contributed by atoms with van der Waals surface area (Å²) in [4.78, 5) is 25.7. The lowest BCUT2D eigenvalue weighted by molar-refractivity contribution is 0.0946. The van der Waals surface area contributed by atoms with Gasteiger partial charge in [-0.2, -0.15) is 0 Å². The summed E-state index contributed by atoms with van der Waals surface area (Å²) in [5.41, 5.74) is -0.215. The Labute approximate surface area is 97.5 Å². The summed E-state index contributed by atoms with van der Waals surface area (Å²) < 4.78 is 5.30. The van der Waals surface area contributed by atoms with Crippen LogP contribution in [0.25, 0.3) is 0 Å². The summed E-state index contributed by atoms with van der Waals surface area (Å²) in [6, 6.07) is 4.91. The summed E-state index contributed by atoms with van der Waals surface area (Å²) in [7, 11) is 0. The topological polar surface area (TPSA) is 75.1 Å². The summed E-state index contributed by atoms with van der Waals surface area (Å²) in [6.45, 7) is 2.09. The summed E-state index contributed by atoms with van der Waals surface area (Å²) in [5.74, 6) is 1.02. The van der Waals surface area contributed by atoms with Gasteiger partial charge in [0.05, 0.1) is 6.54 Å². The monoisotopic (exact) mass is 232 g/mol. The molecule has 2 rings (SSSR count). The number of amides is 1. The van der Waals surface area contributed by atoms with Crippen LogP contribution in [-0.2, 0) is 6.54 Å². The van der Waals surface area contributed by atoms with Crippen molar-refractivity contribution in [3.63, 3.8) is 0 Å². The first-order valence-corrected chi connectivity index (χ1v) is 5.17. The number of nitrogens with one attached hydrogen (secondary N) is 2. The van der Waals surface area contributed by atoms with Gasteiger partial charge >= 0.3 is 0 Å². The minimum absolute atomic E-state index is 0.0933. The van der Waals surface area contributed by atoms with Crippen LogP contribution in [0.15, 0.2) is 39.8 Å². The second-order valence-corrected chi connectivity index (χ2v) is 3.62. The minimum Gasteiger partial charge on any atom is -0.465 e. The quantitative estimate of drug-likeness (QED) is 0.835. The zero-order chi connectivity index (χ0) is 12.3. The maximum absolute atomic E-state index is 11.7. The van der Waals surface area contributed by atoms with Crippen LogP contribution >= 0.6 is 0 Å². The van der Waals surface area contributed by atoms with Gasteiger partial charge in [0.15, 0.2) is 5.43 Å². The maximum Gasteiger partial charge on any atom is 0.257 e. The van der Waals surface area contributed by atoms with E-state index >= 15 is 0 Å². The van der Waals surface area contributed by atoms with E-state index in [4.69, 9.17) is 4.42 Å². The SMILES string of the molecule is Cc1ccc(CNC(=O)c2c[nH]ccc2=O)o1. The standard InChI is InChI=1S/C12H12N2O3/c1-8-2-3-9(17-8)6-14-12(16)10-7-13-5-4-11(10)15/h2-5,7H,6H2,1H3,(H,13,15)(H,14,16). The smallest absolute Gasteiger partial charge is 0.257 e. The highest BCUT2D eigenvalue weighted by Gasteiger charge is 2.09. The molecule has 0 spiro atoms. The lowest BCUT2D eigenvalue weighted by Crippen LogP contribution is -2.27. The van der Waals surface area contributed by atoms with Gasteiger partial charge in [0.1, 0.15) is 17.1 Å². The van der Waals surface area contributed by atoms with Gasteiger partial charge < -0.3 is 14.7 Å². The summed E-state index contributed by atoms with van der Waals surface area (Å²) in [5, 5.41) is 2.62. The van der Waals surface area contributed by atoms with E-state index in [-0.39, 0.29) is 17.5 Å². The molecule has 2 heterocycles. The molecule has 17 heavy (non-hydrogen) atoms. The van der Waals surface area contributed by atoms with E-state index in [1.807, 2.05) is 13.0 Å². The maximum atomic E-state index is 11.7. The fourth-order valence-corrected chi connectivity index (χ4v) is 1.44. The van der Waals surface area contributed by atoms with Crippen molar-refractivity contribution >= 4 is 5.91 Å². The number of aromatic nitrogens is 1. The molecule has 2 aromatic rings. The van der Waals surface area contributed by atoms with Crippen LogP contribution in [0.3, 0.4) is 0 Å². The number of aryl methyl sites for hydroxylation is 1. The molecule has 0 aliphatic heterocycles. The largest absolute Gasteiger partial charge is 0.465 e. The van der Waals surface area contributed by atoms with E-state index < -0.39 is 5.91 Å². The summed E-state index contributed by atoms with van der Waals surface area (Å²) in [6.07, 6.45) is 2.86. The highest BCUT2D eigenvalue weighted by Crippen LogP contribution is 2.05. The zero-order valence-corrected chi connectivity index (χ0v) is 9.32. The van der Waals surface area contributed by atoms with Crippen molar-refractivity contribution in [2.75, 3.05) is 0 Å². The van der Waals surface area contributed by atoms with E-state index in [2.05, 4.69) is 10.3 Å². The normalized spacial score (nSPS) is 10.2. The first-order valence-electron chi connectivity index (χ1n) is 5.17. The van der Waals surface area contributed by atoms with Gasteiger partial charge in [-0.1, -0.05) is 0 Å². The fourth-order valence-electron chi connectivity index (χ4n) is 1.44. The molecule has 2 N–H and O–H groups in total. The third kappa shape index (κ3) is 2.63. The van der Waals surface area contributed by atoms with E-state index in [9.17, 15) is 9.59 Å². The minimum atomic E-state index is -0.416. The molecule has 0 bridgehead atoms. The number of carbonyl (C=O) groups excluding carboxylic acids is 1. The molecule has 0 atom stereocenters. The Morgan fingerprint density at radius 1 is 1.41 bits per heavy atom. The Morgan fingerprint density at radius 3 is 2.88 bits per heavy atom. The van der Waals surface area contributed by atoms with Gasteiger partial charge in [-0.25, -0.2) is 0 Å². The number of carbonyl (C=O) groups is 1. The molecule has 0 aromatic carbocycles. The Kier molecular flexibility index (Phi) is 3.09. The molecular formula is C12H12N2O3. The van der Waals surface area contributed by atoms with Crippen LogP contribution in [0.1, 0.15) is 21.9 Å². The van der Waals surface area contributed by atoms with Crippen LogP contribution in [0, 0.1) is 6.92 Å². The lowest BCUT2D eigenvalue weighted by atomic mass is 10.2. The van der Waals surface area contributed by atoms with E-state index in [0.29, 0.717) is 5.76 Å². The molecule has 0 fully saturated rings. The highest BCUT2D eigenvalue weighted by molar-refractivity contribution is 5.93. The van der Waals surface area contributed by atoms with Crippen molar-refractivity contribution in [1.82, 2.24) is 10.3 Å². The van der Waals surface area contributed by atoms with Crippen molar-refractivity contribution < 1.29 is 9.21 Å². The van der Waals surface area contributed by atoms with Gasteiger partial charge in [0, 0.05) is 18.5 Å². The molecule has 2 aromatic heterocycles. The van der Waals surface area contributed by atoms with Gasteiger partial charge in [0.25, 0.3) is 5.91 Å². The molecular weight excluding hydrogens is 220 g/mol. The molecule has 5 heteroatoms. The number of rotatable bonds is 3. The molecule has 0 aliphatic carbocycles. The molecule has 1 amide bonds. The van der Waals surface area contributed by atoms with Crippen molar-refractivity contribution in [1.29, 1.82) is 0 Å². The van der Waals surface area contributed by atoms with Gasteiger partial charge in [-0.15, -0.1) is 0 Å². The van der Waals surface area contributed by atoms with Crippen molar-refractivity contribution in [2.24, 2.45) is 0 Å². The van der Waals surface area contributed by atoms with Crippen LogP contribution in [-0.4, -0.2) is 10.9 Å². The first-order chi connectivity index (χ1) is 8.16. The molecule has 0 aliphatic rings. The Balaban J connectivity index is 2.03. The molecule has 0 saturated carbocycles. The first kappa shape index (κ1) is 11.2. The second kappa shape index (κ2) is 4.69. The number of hydrogen-bond donors (Lipinski definition) is 2. The van der Waals surface area contributed by atoms with Crippen molar-refractivity contribution in [3.05, 3.63) is 57.9 Å². The molecule has 0 saturated heterocycles. The second-order valence-electron chi connectivity index (χ2n) is 3.62. The van der Waals surface area contributed by atoms with Crippen molar-refractivity contribution in [3.8, 4) is 0 Å².